The minimum absolute atomic E-state index is 0.100. The van der Waals surface area contributed by atoms with Crippen LogP contribution in [0.1, 0.15) is 23.4 Å². The number of aryl methyl sites for hydroxylation is 2. The van der Waals surface area contributed by atoms with Crippen LogP contribution in [0.25, 0.3) is 21.9 Å². The number of rotatable bonds is 6. The highest BCUT2D eigenvalue weighted by Crippen LogP contribution is 2.36. The number of thioether (sulfide) groups is 1. The van der Waals surface area contributed by atoms with Gasteiger partial charge in [0, 0.05) is 34.6 Å². The molecule has 2 aromatic heterocycles. The van der Waals surface area contributed by atoms with Crippen LogP contribution in [0.5, 0.6) is 5.75 Å². The third-order valence-electron chi connectivity index (χ3n) is 5.16. The quantitative estimate of drug-likeness (QED) is 0.336. The summed E-state index contributed by atoms with van der Waals surface area (Å²) >= 11 is 1.51. The molecular formula is C23H23N3O3S. The Balaban J connectivity index is 1.55. The largest absolute Gasteiger partial charge is 0.495 e. The average molecular weight is 422 g/mol. The smallest absolute Gasteiger partial charge is 0.224 e. The average Bonchev–Trinajstić information content (AvgIpc) is 3.09. The van der Waals surface area contributed by atoms with Crippen LogP contribution in [0.15, 0.2) is 46.0 Å². The van der Waals surface area contributed by atoms with Gasteiger partial charge in [-0.3, -0.25) is 4.79 Å². The fourth-order valence-corrected chi connectivity index (χ4v) is 4.09. The van der Waals surface area contributed by atoms with Crippen molar-refractivity contribution in [1.29, 1.82) is 0 Å². The molecule has 0 aliphatic heterocycles. The van der Waals surface area contributed by atoms with Crippen molar-refractivity contribution in [2.75, 3.05) is 18.7 Å². The van der Waals surface area contributed by atoms with Gasteiger partial charge in [0.25, 0.3) is 0 Å². The number of nitrogens with zero attached hydrogens (tertiary/aromatic N) is 2. The second-order valence-corrected chi connectivity index (χ2v) is 7.83. The summed E-state index contributed by atoms with van der Waals surface area (Å²) in [6.45, 7) is 3.92. The molecule has 0 saturated carbocycles. The third kappa shape index (κ3) is 3.85. The van der Waals surface area contributed by atoms with E-state index in [1.54, 1.807) is 7.11 Å². The SMILES string of the molecule is COc1cc2c(cc1NC(=O)CCc1c(C)nc(SC)nc1C)oc1ccccc12. The zero-order valence-corrected chi connectivity index (χ0v) is 18.2. The van der Waals surface area contributed by atoms with Gasteiger partial charge in [-0.1, -0.05) is 30.0 Å². The molecule has 0 aliphatic rings. The maximum Gasteiger partial charge on any atom is 0.224 e. The standard InChI is InChI=1S/C23H23N3O3S/c1-13-15(14(2)25-23(24-13)30-4)9-10-22(27)26-18-12-20-17(11-21(18)28-3)16-7-5-6-8-19(16)29-20/h5-8,11-12H,9-10H2,1-4H3,(H,26,27). The fourth-order valence-electron chi connectivity index (χ4n) is 3.63. The first kappa shape index (κ1) is 20.2. The molecule has 0 unspecified atom stereocenters. The highest BCUT2D eigenvalue weighted by Gasteiger charge is 2.15. The zero-order chi connectivity index (χ0) is 21.3. The maximum absolute atomic E-state index is 12.7. The Labute approximate surface area is 179 Å². The van der Waals surface area contributed by atoms with E-state index in [1.165, 1.54) is 11.8 Å². The number of furan rings is 1. The number of carbonyl (C=O) groups is 1. The maximum atomic E-state index is 12.7. The van der Waals surface area contributed by atoms with Crippen molar-refractivity contribution < 1.29 is 13.9 Å². The molecule has 2 heterocycles. The topological polar surface area (TPSA) is 77.2 Å². The van der Waals surface area contributed by atoms with E-state index in [1.807, 2.05) is 56.5 Å². The van der Waals surface area contributed by atoms with E-state index in [4.69, 9.17) is 9.15 Å². The monoisotopic (exact) mass is 421 g/mol. The number of carbonyl (C=O) groups excluding carboxylic acids is 1. The summed E-state index contributed by atoms with van der Waals surface area (Å²) in [5, 5.41) is 5.69. The molecule has 0 saturated heterocycles. The number of benzene rings is 2. The molecule has 1 amide bonds. The molecule has 0 bridgehead atoms. The number of aromatic nitrogens is 2. The van der Waals surface area contributed by atoms with E-state index in [9.17, 15) is 4.79 Å². The second-order valence-electron chi connectivity index (χ2n) is 7.05. The summed E-state index contributed by atoms with van der Waals surface area (Å²) in [5.41, 5.74) is 4.96. The molecule has 0 atom stereocenters. The van der Waals surface area contributed by atoms with Crippen molar-refractivity contribution in [1.82, 2.24) is 9.97 Å². The molecule has 0 aliphatic carbocycles. The van der Waals surface area contributed by atoms with E-state index in [-0.39, 0.29) is 5.91 Å². The second kappa shape index (κ2) is 8.36. The van der Waals surface area contributed by atoms with Gasteiger partial charge in [-0.2, -0.15) is 0 Å². The van der Waals surface area contributed by atoms with Gasteiger partial charge in [0.05, 0.1) is 12.8 Å². The summed E-state index contributed by atoms with van der Waals surface area (Å²) in [4.78, 5) is 21.6. The summed E-state index contributed by atoms with van der Waals surface area (Å²) in [5.74, 6) is 0.499. The molecule has 0 fully saturated rings. The van der Waals surface area contributed by atoms with Gasteiger partial charge in [-0.15, -0.1) is 0 Å². The lowest BCUT2D eigenvalue weighted by Gasteiger charge is -2.12. The predicted octanol–water partition coefficient (Wildman–Crippen LogP) is 5.29. The number of nitrogens with one attached hydrogen (secondary N) is 1. The number of anilines is 1. The fraction of sp³-hybridized carbons (Fsp3) is 0.261. The summed E-state index contributed by atoms with van der Waals surface area (Å²) < 4.78 is 11.5. The first-order valence-electron chi connectivity index (χ1n) is 9.67. The van der Waals surface area contributed by atoms with Crippen molar-refractivity contribution in [3.05, 3.63) is 53.3 Å². The van der Waals surface area contributed by atoms with Crippen molar-refractivity contribution in [2.45, 2.75) is 31.8 Å². The van der Waals surface area contributed by atoms with Crippen LogP contribution in [-0.4, -0.2) is 29.2 Å². The van der Waals surface area contributed by atoms with Crippen molar-refractivity contribution in [3.8, 4) is 5.75 Å². The van der Waals surface area contributed by atoms with Crippen LogP contribution in [-0.2, 0) is 11.2 Å². The first-order valence-corrected chi connectivity index (χ1v) is 10.9. The zero-order valence-electron chi connectivity index (χ0n) is 17.4. The van der Waals surface area contributed by atoms with Gasteiger partial charge in [0.2, 0.25) is 5.91 Å². The number of para-hydroxylation sites is 1. The molecule has 4 aromatic rings. The van der Waals surface area contributed by atoms with Crippen LogP contribution < -0.4 is 10.1 Å². The number of hydrogen-bond acceptors (Lipinski definition) is 6. The highest BCUT2D eigenvalue weighted by molar-refractivity contribution is 7.98. The lowest BCUT2D eigenvalue weighted by Crippen LogP contribution is -2.14. The Kier molecular flexibility index (Phi) is 5.63. The molecule has 0 radical (unpaired) electrons. The molecular weight excluding hydrogens is 398 g/mol. The van der Waals surface area contributed by atoms with Crippen molar-refractivity contribution >= 4 is 45.3 Å². The minimum atomic E-state index is -0.100. The Morgan fingerprint density at radius 2 is 1.83 bits per heavy atom. The molecule has 6 nitrogen and oxygen atoms in total. The van der Waals surface area contributed by atoms with Gasteiger partial charge in [0.1, 0.15) is 16.9 Å². The first-order chi connectivity index (χ1) is 14.5. The molecule has 2 aromatic carbocycles. The molecule has 154 valence electrons. The van der Waals surface area contributed by atoms with Crippen LogP contribution >= 0.6 is 11.8 Å². The Hall–Kier alpha value is -3.06. The normalized spacial score (nSPS) is 11.2. The van der Waals surface area contributed by atoms with Crippen LogP contribution in [0.3, 0.4) is 0 Å². The molecule has 1 N–H and O–H groups in total. The number of methoxy groups -OCH3 is 1. The summed E-state index contributed by atoms with van der Waals surface area (Å²) in [6.07, 6.45) is 2.85. The minimum Gasteiger partial charge on any atom is -0.495 e. The number of fused-ring (bicyclic) bond motifs is 3. The lowest BCUT2D eigenvalue weighted by molar-refractivity contribution is -0.116. The predicted molar refractivity (Wildman–Crippen MR) is 121 cm³/mol. The molecule has 30 heavy (non-hydrogen) atoms. The molecule has 7 heteroatoms. The van der Waals surface area contributed by atoms with Crippen molar-refractivity contribution in [2.24, 2.45) is 0 Å². The Morgan fingerprint density at radius 3 is 2.53 bits per heavy atom. The highest BCUT2D eigenvalue weighted by atomic mass is 32.2. The summed E-state index contributed by atoms with van der Waals surface area (Å²) in [7, 11) is 1.59. The third-order valence-corrected chi connectivity index (χ3v) is 5.71. The van der Waals surface area contributed by atoms with Gasteiger partial charge >= 0.3 is 0 Å². The molecule has 0 spiro atoms. The number of ether oxygens (including phenoxy) is 1. The van der Waals surface area contributed by atoms with Crippen molar-refractivity contribution in [3.63, 3.8) is 0 Å². The van der Waals surface area contributed by atoms with Crippen LogP contribution in [0, 0.1) is 13.8 Å². The van der Waals surface area contributed by atoms with Gasteiger partial charge in [-0.05, 0) is 44.2 Å². The Bertz CT molecular complexity index is 1230. The van der Waals surface area contributed by atoms with Gasteiger partial charge in [-0.25, -0.2) is 9.97 Å². The van der Waals surface area contributed by atoms with E-state index >= 15 is 0 Å². The van der Waals surface area contributed by atoms with E-state index in [2.05, 4.69) is 15.3 Å². The van der Waals surface area contributed by atoms with E-state index in [0.717, 1.165) is 38.5 Å². The molecule has 4 rings (SSSR count). The lowest BCUT2D eigenvalue weighted by atomic mass is 10.1. The van der Waals surface area contributed by atoms with Crippen LogP contribution in [0.2, 0.25) is 0 Å². The number of amides is 1. The number of hydrogen-bond donors (Lipinski definition) is 1. The Morgan fingerprint density at radius 1 is 1.10 bits per heavy atom. The van der Waals surface area contributed by atoms with E-state index < -0.39 is 0 Å². The van der Waals surface area contributed by atoms with Crippen LogP contribution in [0.4, 0.5) is 5.69 Å². The van der Waals surface area contributed by atoms with Gasteiger partial charge in [0.15, 0.2) is 5.16 Å². The summed E-state index contributed by atoms with van der Waals surface area (Å²) in [6, 6.07) is 11.6. The van der Waals surface area contributed by atoms with Gasteiger partial charge < -0.3 is 14.5 Å². The van der Waals surface area contributed by atoms with E-state index in [0.29, 0.717) is 29.9 Å².